The van der Waals surface area contributed by atoms with Crippen molar-refractivity contribution in [1.29, 1.82) is 0 Å². The molecule has 0 spiro atoms. The average molecular weight is 328 g/mol. The lowest BCUT2D eigenvalue weighted by molar-refractivity contribution is -0.402. The molecule has 0 aliphatic heterocycles. The molecule has 19 heavy (non-hydrogen) atoms. The van der Waals surface area contributed by atoms with Crippen LogP contribution in [0.25, 0.3) is 0 Å². The minimum atomic E-state index is -0.670. The Kier molecular flexibility index (Phi) is 3.76. The zero-order valence-corrected chi connectivity index (χ0v) is 10.8. The van der Waals surface area contributed by atoms with Gasteiger partial charge in [0.05, 0.1) is 12.3 Å². The molecular formula is C10H6BrN3O5. The van der Waals surface area contributed by atoms with E-state index >= 15 is 0 Å². The van der Waals surface area contributed by atoms with E-state index in [4.69, 9.17) is 8.83 Å². The van der Waals surface area contributed by atoms with Crippen molar-refractivity contribution in [3.63, 3.8) is 0 Å². The van der Waals surface area contributed by atoms with Gasteiger partial charge < -0.3 is 8.83 Å². The number of carbonyl (C=O) groups excluding carboxylic acids is 1. The number of hydrogen-bond donors (Lipinski definition) is 1. The fraction of sp³-hybridized carbons (Fsp3) is 0. The average Bonchev–Trinajstić information content (AvgIpc) is 2.98. The number of carbonyl (C=O) groups is 1. The molecule has 0 bridgehead atoms. The standard InChI is InChI=1S/C10H6BrN3O5/c11-8-3-2-7(19-8)10(15)13-12-5-6-1-4-9(18-6)14(16)17/h1-5H,(H,13,15). The molecule has 98 valence electrons. The lowest BCUT2D eigenvalue weighted by atomic mass is 10.4. The van der Waals surface area contributed by atoms with E-state index in [1.165, 1.54) is 18.2 Å². The Morgan fingerprint density at radius 1 is 1.37 bits per heavy atom. The van der Waals surface area contributed by atoms with E-state index in [9.17, 15) is 14.9 Å². The van der Waals surface area contributed by atoms with Gasteiger partial charge in [0.2, 0.25) is 0 Å². The normalized spacial score (nSPS) is 10.8. The van der Waals surface area contributed by atoms with Crippen LogP contribution in [-0.4, -0.2) is 17.0 Å². The summed E-state index contributed by atoms with van der Waals surface area (Å²) in [5.41, 5.74) is 2.19. The van der Waals surface area contributed by atoms with Gasteiger partial charge in [0.25, 0.3) is 0 Å². The minimum absolute atomic E-state index is 0.0782. The van der Waals surface area contributed by atoms with Crippen LogP contribution >= 0.6 is 15.9 Å². The van der Waals surface area contributed by atoms with Crippen molar-refractivity contribution < 1.29 is 18.6 Å². The largest absolute Gasteiger partial charge is 0.444 e. The first kappa shape index (κ1) is 13.0. The highest BCUT2D eigenvalue weighted by atomic mass is 79.9. The molecule has 8 nitrogen and oxygen atoms in total. The van der Waals surface area contributed by atoms with E-state index in [0.29, 0.717) is 4.67 Å². The van der Waals surface area contributed by atoms with E-state index < -0.39 is 16.7 Å². The van der Waals surface area contributed by atoms with Crippen molar-refractivity contribution in [2.45, 2.75) is 0 Å². The first-order valence-corrected chi connectivity index (χ1v) is 5.68. The predicted molar refractivity (Wildman–Crippen MR) is 66.8 cm³/mol. The van der Waals surface area contributed by atoms with Gasteiger partial charge >= 0.3 is 11.8 Å². The third-order valence-electron chi connectivity index (χ3n) is 1.95. The van der Waals surface area contributed by atoms with Crippen LogP contribution in [0.2, 0.25) is 0 Å². The van der Waals surface area contributed by atoms with Crippen LogP contribution in [0.1, 0.15) is 16.3 Å². The van der Waals surface area contributed by atoms with E-state index in [-0.39, 0.29) is 11.5 Å². The van der Waals surface area contributed by atoms with Crippen molar-refractivity contribution >= 4 is 33.9 Å². The summed E-state index contributed by atoms with van der Waals surface area (Å²) >= 11 is 3.06. The SMILES string of the molecule is O=C(NN=Cc1ccc([N+](=O)[O-])o1)c1ccc(Br)o1. The number of amides is 1. The highest BCUT2D eigenvalue weighted by molar-refractivity contribution is 9.10. The molecule has 1 amide bonds. The van der Waals surface area contributed by atoms with Crippen LogP contribution in [0.15, 0.2) is 42.9 Å². The summed E-state index contributed by atoms with van der Waals surface area (Å²) in [6.07, 6.45) is 1.14. The van der Waals surface area contributed by atoms with Crippen LogP contribution in [0.4, 0.5) is 5.88 Å². The molecule has 1 N–H and O–H groups in total. The Balaban J connectivity index is 1.96. The van der Waals surface area contributed by atoms with Gasteiger partial charge in [-0.1, -0.05) is 0 Å². The van der Waals surface area contributed by atoms with E-state index in [2.05, 4.69) is 26.5 Å². The molecule has 0 atom stereocenters. The number of furan rings is 2. The summed E-state index contributed by atoms with van der Waals surface area (Å²) in [6, 6.07) is 5.57. The second kappa shape index (κ2) is 5.48. The highest BCUT2D eigenvalue weighted by Crippen LogP contribution is 2.14. The van der Waals surface area contributed by atoms with Gasteiger partial charge in [-0.3, -0.25) is 14.9 Å². The van der Waals surface area contributed by atoms with Gasteiger partial charge in [-0.25, -0.2) is 5.43 Å². The van der Waals surface area contributed by atoms with Crippen molar-refractivity contribution in [2.75, 3.05) is 0 Å². The van der Waals surface area contributed by atoms with Gasteiger partial charge in [0, 0.05) is 0 Å². The second-order valence-corrected chi connectivity index (χ2v) is 4.02. The van der Waals surface area contributed by atoms with Gasteiger partial charge in [-0.15, -0.1) is 0 Å². The van der Waals surface area contributed by atoms with E-state index in [0.717, 1.165) is 6.21 Å². The first-order valence-electron chi connectivity index (χ1n) is 4.89. The molecule has 2 aromatic rings. The van der Waals surface area contributed by atoms with Gasteiger partial charge in [-0.2, -0.15) is 5.10 Å². The topological polar surface area (TPSA) is 111 Å². The van der Waals surface area contributed by atoms with Crippen molar-refractivity contribution in [3.05, 3.63) is 50.6 Å². The Bertz CT molecular complexity index is 645. The maximum atomic E-state index is 11.5. The molecule has 2 aromatic heterocycles. The number of halogens is 1. The molecule has 0 fully saturated rings. The second-order valence-electron chi connectivity index (χ2n) is 3.24. The zero-order valence-electron chi connectivity index (χ0n) is 9.20. The Morgan fingerprint density at radius 3 is 2.74 bits per heavy atom. The van der Waals surface area contributed by atoms with Crippen LogP contribution < -0.4 is 5.43 Å². The fourth-order valence-corrected chi connectivity index (χ4v) is 1.46. The minimum Gasteiger partial charge on any atom is -0.444 e. The van der Waals surface area contributed by atoms with Crippen molar-refractivity contribution in [1.82, 2.24) is 5.43 Å². The molecule has 0 saturated carbocycles. The molecule has 2 heterocycles. The van der Waals surface area contributed by atoms with Gasteiger partial charge in [0.1, 0.15) is 4.92 Å². The van der Waals surface area contributed by atoms with E-state index in [1.54, 1.807) is 6.07 Å². The molecule has 0 unspecified atom stereocenters. The van der Waals surface area contributed by atoms with Gasteiger partial charge in [0.15, 0.2) is 16.2 Å². The third kappa shape index (κ3) is 3.28. The van der Waals surface area contributed by atoms with Crippen LogP contribution in [0.5, 0.6) is 0 Å². The summed E-state index contributed by atoms with van der Waals surface area (Å²) in [5, 5.41) is 13.9. The Hall–Kier alpha value is -2.42. The number of nitro groups is 1. The molecule has 0 saturated heterocycles. The maximum absolute atomic E-state index is 11.5. The maximum Gasteiger partial charge on any atom is 0.433 e. The number of hydrazone groups is 1. The van der Waals surface area contributed by atoms with Crippen LogP contribution in [0, 0.1) is 10.1 Å². The number of nitrogens with zero attached hydrogens (tertiary/aromatic N) is 2. The molecule has 2 rings (SSSR count). The number of rotatable bonds is 4. The molecular weight excluding hydrogens is 322 g/mol. The summed E-state index contributed by atoms with van der Waals surface area (Å²) in [5.74, 6) is -0.729. The smallest absolute Gasteiger partial charge is 0.433 e. The molecule has 0 aliphatic rings. The third-order valence-corrected chi connectivity index (χ3v) is 2.37. The quantitative estimate of drug-likeness (QED) is 0.526. The molecule has 0 radical (unpaired) electrons. The molecule has 9 heteroatoms. The van der Waals surface area contributed by atoms with Gasteiger partial charge in [-0.05, 0) is 34.1 Å². The summed E-state index contributed by atoms with van der Waals surface area (Å²) < 4.78 is 10.2. The number of hydrogen-bond acceptors (Lipinski definition) is 6. The monoisotopic (exact) mass is 327 g/mol. The first-order chi connectivity index (χ1) is 9.06. The molecule has 0 aliphatic carbocycles. The predicted octanol–water partition coefficient (Wildman–Crippen LogP) is 2.31. The number of nitrogens with one attached hydrogen (secondary N) is 1. The summed E-state index contributed by atoms with van der Waals surface area (Å²) in [7, 11) is 0. The molecule has 0 aromatic carbocycles. The van der Waals surface area contributed by atoms with Crippen molar-refractivity contribution in [3.8, 4) is 0 Å². The lowest BCUT2D eigenvalue weighted by Crippen LogP contribution is -2.16. The summed E-state index contributed by atoms with van der Waals surface area (Å²) in [6.45, 7) is 0. The highest BCUT2D eigenvalue weighted by Gasteiger charge is 2.11. The van der Waals surface area contributed by atoms with Crippen LogP contribution in [0.3, 0.4) is 0 Å². The summed E-state index contributed by atoms with van der Waals surface area (Å²) in [4.78, 5) is 21.2. The Labute approximate surface area is 114 Å². The van der Waals surface area contributed by atoms with Crippen LogP contribution in [-0.2, 0) is 0 Å². The van der Waals surface area contributed by atoms with Crippen molar-refractivity contribution in [2.24, 2.45) is 5.10 Å². The van der Waals surface area contributed by atoms with E-state index in [1.807, 2.05) is 0 Å². The lowest BCUT2D eigenvalue weighted by Gasteiger charge is -1.93. The zero-order chi connectivity index (χ0) is 13.8. The Morgan fingerprint density at radius 2 is 2.16 bits per heavy atom. The fourth-order valence-electron chi connectivity index (χ4n) is 1.16.